The van der Waals surface area contributed by atoms with Crippen LogP contribution in [0.15, 0.2) is 89.0 Å². The number of nitrogens with one attached hydrogen (secondary N) is 1. The van der Waals surface area contributed by atoms with E-state index < -0.39 is 11.9 Å². The first kappa shape index (κ1) is 25.8. The third-order valence-corrected chi connectivity index (χ3v) is 6.90. The summed E-state index contributed by atoms with van der Waals surface area (Å²) < 4.78 is 12.7. The van der Waals surface area contributed by atoms with Crippen LogP contribution < -0.4 is 14.8 Å². The second-order valence-corrected chi connectivity index (χ2v) is 10.0. The summed E-state index contributed by atoms with van der Waals surface area (Å²) in [6.07, 6.45) is 1.63. The Morgan fingerprint density at radius 2 is 1.66 bits per heavy atom. The van der Waals surface area contributed by atoms with E-state index in [9.17, 15) is 9.59 Å². The summed E-state index contributed by atoms with van der Waals surface area (Å²) in [7, 11) is 0. The number of benzene rings is 4. The molecule has 0 saturated carbocycles. The van der Waals surface area contributed by atoms with E-state index >= 15 is 0 Å². The van der Waals surface area contributed by atoms with Crippen molar-refractivity contribution >= 4 is 56.3 Å². The summed E-state index contributed by atoms with van der Waals surface area (Å²) in [5, 5.41) is 5.57. The Bertz CT molecular complexity index is 1550. The SMILES string of the molecule is CCOc1cc(/C=C2\NC(=O)N(Cc3ccc(Cl)cc3)C2=O)cc(Br)c1OCc1ccc2ccccc2c1. The molecule has 1 aliphatic rings. The van der Waals surface area contributed by atoms with Gasteiger partial charge in [-0.1, -0.05) is 60.1 Å². The zero-order valence-electron chi connectivity index (χ0n) is 20.5. The first-order chi connectivity index (χ1) is 18.4. The van der Waals surface area contributed by atoms with Crippen LogP contribution in [-0.2, 0) is 17.9 Å². The summed E-state index contributed by atoms with van der Waals surface area (Å²) in [5.74, 6) is 0.688. The molecule has 0 unspecified atom stereocenters. The highest BCUT2D eigenvalue weighted by molar-refractivity contribution is 9.10. The second-order valence-electron chi connectivity index (χ2n) is 8.74. The van der Waals surface area contributed by atoms with Crippen LogP contribution in [-0.4, -0.2) is 23.4 Å². The van der Waals surface area contributed by atoms with Crippen LogP contribution in [0.2, 0.25) is 5.02 Å². The number of fused-ring (bicyclic) bond motifs is 1. The second kappa shape index (κ2) is 11.3. The molecule has 1 saturated heterocycles. The number of hydrogen-bond donors (Lipinski definition) is 1. The number of urea groups is 1. The van der Waals surface area contributed by atoms with Gasteiger partial charge in [-0.05, 0) is 86.7 Å². The number of nitrogens with zero attached hydrogens (tertiary/aromatic N) is 1. The van der Waals surface area contributed by atoms with Gasteiger partial charge in [0.2, 0.25) is 0 Å². The Labute approximate surface area is 233 Å². The van der Waals surface area contributed by atoms with Gasteiger partial charge in [0.05, 0.1) is 17.6 Å². The van der Waals surface area contributed by atoms with Gasteiger partial charge in [-0.3, -0.25) is 9.69 Å². The predicted molar refractivity (Wildman–Crippen MR) is 152 cm³/mol. The minimum atomic E-state index is -0.476. The van der Waals surface area contributed by atoms with Crippen molar-refractivity contribution in [3.8, 4) is 11.5 Å². The van der Waals surface area contributed by atoms with Gasteiger partial charge < -0.3 is 14.8 Å². The maximum atomic E-state index is 13.0. The van der Waals surface area contributed by atoms with Crippen LogP contribution in [0, 0.1) is 0 Å². The Morgan fingerprint density at radius 3 is 2.42 bits per heavy atom. The van der Waals surface area contributed by atoms with Crippen LogP contribution in [0.3, 0.4) is 0 Å². The molecule has 0 bridgehead atoms. The van der Waals surface area contributed by atoms with E-state index in [1.807, 2.05) is 31.2 Å². The third kappa shape index (κ3) is 5.69. The number of amides is 3. The lowest BCUT2D eigenvalue weighted by molar-refractivity contribution is -0.123. The van der Waals surface area contributed by atoms with Crippen molar-refractivity contribution < 1.29 is 19.1 Å². The fourth-order valence-electron chi connectivity index (χ4n) is 4.21. The van der Waals surface area contributed by atoms with Crippen molar-refractivity contribution in [2.45, 2.75) is 20.1 Å². The molecule has 8 heteroatoms. The molecule has 1 heterocycles. The third-order valence-electron chi connectivity index (χ3n) is 6.06. The van der Waals surface area contributed by atoms with Gasteiger partial charge in [-0.15, -0.1) is 0 Å². The standard InChI is InChI=1S/C30H24BrClN2O4/c1-2-37-27-16-21(15-26-29(35)34(30(36)33-26)17-19-8-11-24(32)12-9-19)14-25(31)28(27)38-18-20-7-10-22-5-3-4-6-23(22)13-20/h3-16H,2,17-18H2,1H3,(H,33,36)/b26-15-. The monoisotopic (exact) mass is 590 g/mol. The molecule has 6 nitrogen and oxygen atoms in total. The van der Waals surface area contributed by atoms with Gasteiger partial charge in [-0.2, -0.15) is 0 Å². The lowest BCUT2D eigenvalue weighted by Gasteiger charge is -2.15. The largest absolute Gasteiger partial charge is 0.490 e. The summed E-state index contributed by atoms with van der Waals surface area (Å²) in [6.45, 7) is 2.83. The van der Waals surface area contributed by atoms with Crippen LogP contribution in [0.5, 0.6) is 11.5 Å². The quantitative estimate of drug-likeness (QED) is 0.172. The summed E-state index contributed by atoms with van der Waals surface area (Å²) >= 11 is 9.53. The lowest BCUT2D eigenvalue weighted by atomic mass is 10.1. The summed E-state index contributed by atoms with van der Waals surface area (Å²) in [5.41, 5.74) is 2.69. The van der Waals surface area contributed by atoms with E-state index in [-0.39, 0.29) is 12.2 Å². The molecule has 0 spiro atoms. The van der Waals surface area contributed by atoms with E-state index in [0.29, 0.717) is 39.8 Å². The molecule has 38 heavy (non-hydrogen) atoms. The lowest BCUT2D eigenvalue weighted by Crippen LogP contribution is -2.30. The maximum Gasteiger partial charge on any atom is 0.329 e. The molecule has 0 atom stereocenters. The van der Waals surface area contributed by atoms with Gasteiger partial charge in [0.15, 0.2) is 11.5 Å². The van der Waals surface area contributed by atoms with Gasteiger partial charge >= 0.3 is 6.03 Å². The fourth-order valence-corrected chi connectivity index (χ4v) is 4.91. The van der Waals surface area contributed by atoms with E-state index in [2.05, 4.69) is 45.5 Å². The van der Waals surface area contributed by atoms with Crippen LogP contribution in [0.4, 0.5) is 4.79 Å². The van der Waals surface area contributed by atoms with Gasteiger partial charge in [0.1, 0.15) is 12.3 Å². The van der Waals surface area contributed by atoms with Crippen molar-refractivity contribution in [3.63, 3.8) is 0 Å². The summed E-state index contributed by atoms with van der Waals surface area (Å²) in [6, 6.07) is 24.6. The Kier molecular flexibility index (Phi) is 7.67. The van der Waals surface area contributed by atoms with Crippen molar-refractivity contribution in [3.05, 3.63) is 111 Å². The Hall–Kier alpha value is -3.81. The highest BCUT2D eigenvalue weighted by atomic mass is 79.9. The average molecular weight is 592 g/mol. The number of halogens is 2. The number of ether oxygens (including phenoxy) is 2. The maximum absolute atomic E-state index is 13.0. The number of carbonyl (C=O) groups is 2. The highest BCUT2D eigenvalue weighted by Gasteiger charge is 2.33. The number of rotatable bonds is 8. The van der Waals surface area contributed by atoms with E-state index in [4.69, 9.17) is 21.1 Å². The average Bonchev–Trinajstić information content (AvgIpc) is 3.16. The van der Waals surface area contributed by atoms with E-state index in [0.717, 1.165) is 21.4 Å². The van der Waals surface area contributed by atoms with Crippen LogP contribution in [0.1, 0.15) is 23.6 Å². The van der Waals surface area contributed by atoms with E-state index in [1.54, 1.807) is 36.4 Å². The Morgan fingerprint density at radius 1 is 0.921 bits per heavy atom. The first-order valence-electron chi connectivity index (χ1n) is 12.1. The topological polar surface area (TPSA) is 67.9 Å². The normalized spacial score (nSPS) is 14.3. The molecular weight excluding hydrogens is 568 g/mol. The molecule has 192 valence electrons. The molecular formula is C30H24BrClN2O4. The minimum absolute atomic E-state index is 0.147. The van der Waals surface area contributed by atoms with Crippen LogP contribution in [0.25, 0.3) is 16.8 Å². The number of hydrogen-bond acceptors (Lipinski definition) is 4. The fraction of sp³-hybridized carbons (Fsp3) is 0.133. The van der Waals surface area contributed by atoms with E-state index in [1.165, 1.54) is 5.39 Å². The summed E-state index contributed by atoms with van der Waals surface area (Å²) in [4.78, 5) is 26.7. The zero-order valence-corrected chi connectivity index (χ0v) is 22.9. The van der Waals surface area contributed by atoms with Gasteiger partial charge in [-0.25, -0.2) is 4.79 Å². The van der Waals surface area contributed by atoms with Crippen molar-refractivity contribution in [1.82, 2.24) is 10.2 Å². The molecule has 3 amide bonds. The molecule has 0 aliphatic carbocycles. The predicted octanol–water partition coefficient (Wildman–Crippen LogP) is 7.33. The van der Waals surface area contributed by atoms with Gasteiger partial charge in [0, 0.05) is 5.02 Å². The van der Waals surface area contributed by atoms with Crippen molar-refractivity contribution in [2.24, 2.45) is 0 Å². The Balaban J connectivity index is 1.35. The molecule has 5 rings (SSSR count). The number of imide groups is 1. The number of carbonyl (C=O) groups excluding carboxylic acids is 2. The molecule has 0 radical (unpaired) electrons. The molecule has 1 fully saturated rings. The molecule has 4 aromatic rings. The van der Waals surface area contributed by atoms with Crippen LogP contribution >= 0.6 is 27.5 Å². The van der Waals surface area contributed by atoms with Crippen molar-refractivity contribution in [1.29, 1.82) is 0 Å². The van der Waals surface area contributed by atoms with Gasteiger partial charge in [0.25, 0.3) is 5.91 Å². The molecule has 0 aromatic heterocycles. The highest BCUT2D eigenvalue weighted by Crippen LogP contribution is 2.38. The smallest absolute Gasteiger partial charge is 0.329 e. The minimum Gasteiger partial charge on any atom is -0.490 e. The first-order valence-corrected chi connectivity index (χ1v) is 13.2. The van der Waals surface area contributed by atoms with Crippen molar-refractivity contribution in [2.75, 3.05) is 6.61 Å². The molecule has 1 aliphatic heterocycles. The zero-order chi connectivity index (χ0) is 26.6. The molecule has 4 aromatic carbocycles. The molecule has 1 N–H and O–H groups in total.